The van der Waals surface area contributed by atoms with E-state index in [0.29, 0.717) is 5.56 Å². The van der Waals surface area contributed by atoms with Gasteiger partial charge in [0.2, 0.25) is 0 Å². The Bertz CT molecular complexity index is 565. The van der Waals surface area contributed by atoms with Crippen molar-refractivity contribution in [1.29, 1.82) is 0 Å². The van der Waals surface area contributed by atoms with Crippen molar-refractivity contribution >= 4 is 5.91 Å². The molecule has 2 rings (SSSR count). The first-order valence-electron chi connectivity index (χ1n) is 6.64. The molecule has 0 radical (unpaired) electrons. The van der Waals surface area contributed by atoms with Crippen molar-refractivity contribution in [3.8, 4) is 0 Å². The number of benzene rings is 2. The lowest BCUT2D eigenvalue weighted by Gasteiger charge is -2.25. The van der Waals surface area contributed by atoms with Crippen LogP contribution >= 0.6 is 0 Å². The highest BCUT2D eigenvalue weighted by Gasteiger charge is 2.17. The molecule has 104 valence electrons. The molecule has 2 aromatic rings. The first-order chi connectivity index (χ1) is 9.58. The van der Waals surface area contributed by atoms with E-state index in [0.717, 1.165) is 6.42 Å². The topological polar surface area (TPSA) is 20.3 Å². The lowest BCUT2D eigenvalue weighted by molar-refractivity contribution is 0.0743. The molecule has 1 amide bonds. The molecule has 3 heteroatoms. The number of rotatable bonds is 4. The molecule has 0 aliphatic heterocycles. The van der Waals surface area contributed by atoms with Gasteiger partial charge in [0.25, 0.3) is 5.91 Å². The summed E-state index contributed by atoms with van der Waals surface area (Å²) in [7, 11) is 1.78. The van der Waals surface area contributed by atoms with Crippen LogP contribution in [0.15, 0.2) is 54.6 Å². The van der Waals surface area contributed by atoms with E-state index in [1.807, 2.05) is 37.3 Å². The smallest absolute Gasteiger partial charge is 0.253 e. The number of carbonyl (C=O) groups excluding carboxylic acids is 1. The molecule has 0 fully saturated rings. The molecule has 1 atom stereocenters. The fourth-order valence-corrected chi connectivity index (χ4v) is 2.09. The molecular weight excluding hydrogens is 253 g/mol. The van der Waals surface area contributed by atoms with Gasteiger partial charge in [-0.1, -0.05) is 30.3 Å². The molecule has 0 saturated heterocycles. The highest BCUT2D eigenvalue weighted by molar-refractivity contribution is 5.94. The molecule has 0 aliphatic rings. The van der Waals surface area contributed by atoms with E-state index in [2.05, 4.69) is 0 Å². The Morgan fingerprint density at radius 3 is 2.30 bits per heavy atom. The van der Waals surface area contributed by atoms with Crippen molar-refractivity contribution in [1.82, 2.24) is 4.90 Å². The van der Waals surface area contributed by atoms with Crippen molar-refractivity contribution in [3.05, 3.63) is 71.5 Å². The first kappa shape index (κ1) is 14.3. The predicted octanol–water partition coefficient (Wildman–Crippen LogP) is 3.53. The van der Waals surface area contributed by atoms with E-state index in [-0.39, 0.29) is 17.8 Å². The molecule has 0 heterocycles. The maximum absolute atomic E-state index is 12.9. The molecule has 0 spiro atoms. The van der Waals surface area contributed by atoms with Crippen molar-refractivity contribution < 1.29 is 9.18 Å². The molecular formula is C17H18FNO. The van der Waals surface area contributed by atoms with Crippen LogP contribution in [0.4, 0.5) is 4.39 Å². The first-order valence-corrected chi connectivity index (χ1v) is 6.64. The maximum atomic E-state index is 12.9. The molecule has 1 unspecified atom stereocenters. The lowest BCUT2D eigenvalue weighted by Crippen LogP contribution is -2.36. The Morgan fingerprint density at radius 1 is 1.10 bits per heavy atom. The predicted molar refractivity (Wildman–Crippen MR) is 78.1 cm³/mol. The zero-order valence-electron chi connectivity index (χ0n) is 11.7. The Kier molecular flexibility index (Phi) is 4.51. The standard InChI is InChI=1S/C17H18FNO/c1-13(12-14-6-4-3-5-7-14)19(2)17(20)15-8-10-16(18)11-9-15/h3-11,13H,12H2,1-2H3. The zero-order chi connectivity index (χ0) is 14.5. The van der Waals surface area contributed by atoms with Crippen LogP contribution in [0.5, 0.6) is 0 Å². The number of hydrogen-bond donors (Lipinski definition) is 0. The van der Waals surface area contributed by atoms with Gasteiger partial charge >= 0.3 is 0 Å². The van der Waals surface area contributed by atoms with Gasteiger partial charge in [0.05, 0.1) is 0 Å². The second kappa shape index (κ2) is 6.33. The molecule has 20 heavy (non-hydrogen) atoms. The largest absolute Gasteiger partial charge is 0.339 e. The van der Waals surface area contributed by atoms with Crippen LogP contribution < -0.4 is 0 Å². The summed E-state index contributed by atoms with van der Waals surface area (Å²) in [6.45, 7) is 2.01. The van der Waals surface area contributed by atoms with E-state index in [4.69, 9.17) is 0 Å². The van der Waals surface area contributed by atoms with E-state index in [1.165, 1.54) is 29.8 Å². The van der Waals surface area contributed by atoms with Crippen molar-refractivity contribution in [2.75, 3.05) is 7.05 Å². The van der Waals surface area contributed by atoms with Crippen LogP contribution in [0, 0.1) is 5.82 Å². The van der Waals surface area contributed by atoms with E-state index < -0.39 is 0 Å². The van der Waals surface area contributed by atoms with E-state index in [9.17, 15) is 9.18 Å². The molecule has 0 aliphatic carbocycles. The summed E-state index contributed by atoms with van der Waals surface area (Å²) in [6, 6.07) is 15.8. The number of halogens is 1. The number of hydrogen-bond acceptors (Lipinski definition) is 1. The van der Waals surface area contributed by atoms with Crippen LogP contribution in [-0.4, -0.2) is 23.9 Å². The minimum atomic E-state index is -0.332. The molecule has 0 bridgehead atoms. The maximum Gasteiger partial charge on any atom is 0.253 e. The number of amides is 1. The van der Waals surface area contributed by atoms with E-state index >= 15 is 0 Å². The molecule has 2 nitrogen and oxygen atoms in total. The summed E-state index contributed by atoms with van der Waals surface area (Å²) in [5.74, 6) is -0.421. The van der Waals surface area contributed by atoms with Crippen LogP contribution in [0.1, 0.15) is 22.8 Å². The second-order valence-corrected chi connectivity index (χ2v) is 4.96. The molecule has 0 aromatic heterocycles. The van der Waals surface area contributed by atoms with Gasteiger partial charge in [-0.25, -0.2) is 4.39 Å². The lowest BCUT2D eigenvalue weighted by atomic mass is 10.1. The molecule has 0 saturated carbocycles. The van der Waals surface area contributed by atoms with Crippen molar-refractivity contribution in [2.45, 2.75) is 19.4 Å². The van der Waals surface area contributed by atoms with E-state index in [1.54, 1.807) is 11.9 Å². The average Bonchev–Trinajstić information content (AvgIpc) is 2.47. The normalized spacial score (nSPS) is 11.9. The minimum Gasteiger partial charge on any atom is -0.339 e. The van der Waals surface area contributed by atoms with Gasteiger partial charge in [-0.2, -0.15) is 0 Å². The van der Waals surface area contributed by atoms with Gasteiger partial charge in [0.1, 0.15) is 5.82 Å². The highest BCUT2D eigenvalue weighted by atomic mass is 19.1. The van der Waals surface area contributed by atoms with Crippen LogP contribution in [0.25, 0.3) is 0 Å². The van der Waals surface area contributed by atoms with Gasteiger partial charge in [-0.05, 0) is 43.2 Å². The summed E-state index contributed by atoms with van der Waals surface area (Å²) in [5, 5.41) is 0. The Hall–Kier alpha value is -2.16. The zero-order valence-corrected chi connectivity index (χ0v) is 11.7. The third-order valence-electron chi connectivity index (χ3n) is 3.45. The van der Waals surface area contributed by atoms with Gasteiger partial charge in [-0.3, -0.25) is 4.79 Å². The average molecular weight is 271 g/mol. The fourth-order valence-electron chi connectivity index (χ4n) is 2.09. The Labute approximate surface area is 118 Å². The summed E-state index contributed by atoms with van der Waals surface area (Å²) in [4.78, 5) is 14.0. The number of likely N-dealkylation sites (N-methyl/N-ethyl adjacent to an activating group) is 1. The van der Waals surface area contributed by atoms with Crippen molar-refractivity contribution in [2.24, 2.45) is 0 Å². The summed E-state index contributed by atoms with van der Waals surface area (Å²) < 4.78 is 12.9. The molecule has 0 N–H and O–H groups in total. The van der Waals surface area contributed by atoms with Gasteiger partial charge in [0.15, 0.2) is 0 Å². The minimum absolute atomic E-state index is 0.0787. The van der Waals surface area contributed by atoms with Crippen molar-refractivity contribution in [3.63, 3.8) is 0 Å². The quantitative estimate of drug-likeness (QED) is 0.833. The van der Waals surface area contributed by atoms with Crippen LogP contribution in [0.2, 0.25) is 0 Å². The fraction of sp³-hybridized carbons (Fsp3) is 0.235. The van der Waals surface area contributed by atoms with Crippen LogP contribution in [-0.2, 0) is 6.42 Å². The summed E-state index contributed by atoms with van der Waals surface area (Å²) >= 11 is 0. The van der Waals surface area contributed by atoms with Crippen LogP contribution in [0.3, 0.4) is 0 Å². The number of nitrogens with zero attached hydrogens (tertiary/aromatic N) is 1. The second-order valence-electron chi connectivity index (χ2n) is 4.96. The van der Waals surface area contributed by atoms with Gasteiger partial charge in [-0.15, -0.1) is 0 Å². The Balaban J connectivity index is 2.04. The van der Waals surface area contributed by atoms with Gasteiger partial charge in [0, 0.05) is 18.7 Å². The monoisotopic (exact) mass is 271 g/mol. The SMILES string of the molecule is CC(Cc1ccccc1)N(C)C(=O)c1ccc(F)cc1. The summed E-state index contributed by atoms with van der Waals surface area (Å²) in [5.41, 5.74) is 1.70. The highest BCUT2D eigenvalue weighted by Crippen LogP contribution is 2.12. The summed E-state index contributed by atoms with van der Waals surface area (Å²) in [6.07, 6.45) is 0.796. The Morgan fingerprint density at radius 2 is 1.70 bits per heavy atom. The number of carbonyl (C=O) groups is 1. The molecule has 2 aromatic carbocycles. The third-order valence-corrected chi connectivity index (χ3v) is 3.45. The van der Waals surface area contributed by atoms with Gasteiger partial charge < -0.3 is 4.90 Å². The third kappa shape index (κ3) is 3.44.